The Labute approximate surface area is 119 Å². The van der Waals surface area contributed by atoms with E-state index in [9.17, 15) is 9.59 Å². The molecule has 0 aliphatic heterocycles. The number of rotatable bonds is 4. The van der Waals surface area contributed by atoms with E-state index in [0.29, 0.717) is 15.1 Å². The van der Waals surface area contributed by atoms with Crippen molar-refractivity contribution in [3.63, 3.8) is 0 Å². The van der Waals surface area contributed by atoms with E-state index >= 15 is 0 Å². The lowest BCUT2D eigenvalue weighted by atomic mass is 10.1. The fourth-order valence-electron chi connectivity index (χ4n) is 1.45. The molecule has 0 aliphatic rings. The quantitative estimate of drug-likeness (QED) is 0.921. The molecule has 0 aliphatic carbocycles. The first-order chi connectivity index (χ1) is 8.32. The Kier molecular flexibility index (Phi) is 5.16. The number of hydrogen-bond donors (Lipinski definition) is 1. The van der Waals surface area contributed by atoms with Crippen LogP contribution in [0.15, 0.2) is 22.7 Å². The van der Waals surface area contributed by atoms with Crippen molar-refractivity contribution in [3.8, 4) is 0 Å². The zero-order chi connectivity index (χ0) is 13.9. The maximum Gasteiger partial charge on any atom is 0.323 e. The van der Waals surface area contributed by atoms with Gasteiger partial charge in [0.1, 0.15) is 6.54 Å². The van der Waals surface area contributed by atoms with Crippen LogP contribution in [0.3, 0.4) is 0 Å². The highest BCUT2D eigenvalue weighted by Crippen LogP contribution is 2.23. The van der Waals surface area contributed by atoms with Crippen LogP contribution in [0.5, 0.6) is 0 Å². The van der Waals surface area contributed by atoms with Crippen molar-refractivity contribution in [1.82, 2.24) is 4.90 Å². The van der Waals surface area contributed by atoms with E-state index in [0.717, 1.165) is 0 Å². The van der Waals surface area contributed by atoms with E-state index in [2.05, 4.69) is 15.9 Å². The summed E-state index contributed by atoms with van der Waals surface area (Å²) in [5, 5.41) is 9.25. The summed E-state index contributed by atoms with van der Waals surface area (Å²) >= 11 is 9.10. The minimum Gasteiger partial charge on any atom is -0.480 e. The van der Waals surface area contributed by atoms with Crippen molar-refractivity contribution in [2.45, 2.75) is 19.9 Å². The van der Waals surface area contributed by atoms with Gasteiger partial charge in [0.05, 0.1) is 5.56 Å². The second kappa shape index (κ2) is 6.20. The first-order valence-corrected chi connectivity index (χ1v) is 6.48. The number of amides is 1. The smallest absolute Gasteiger partial charge is 0.323 e. The molecule has 4 nitrogen and oxygen atoms in total. The summed E-state index contributed by atoms with van der Waals surface area (Å²) in [6.07, 6.45) is 0. The van der Waals surface area contributed by atoms with Gasteiger partial charge in [0, 0.05) is 15.5 Å². The summed E-state index contributed by atoms with van der Waals surface area (Å²) in [6, 6.07) is 4.62. The molecule has 18 heavy (non-hydrogen) atoms. The molecule has 0 aromatic heterocycles. The predicted molar refractivity (Wildman–Crippen MR) is 73.0 cm³/mol. The number of hydrogen-bond acceptors (Lipinski definition) is 2. The van der Waals surface area contributed by atoms with Gasteiger partial charge in [-0.1, -0.05) is 11.6 Å². The molecule has 1 rings (SSSR count). The van der Waals surface area contributed by atoms with Gasteiger partial charge in [-0.2, -0.15) is 0 Å². The van der Waals surface area contributed by atoms with Crippen molar-refractivity contribution < 1.29 is 14.7 Å². The zero-order valence-electron chi connectivity index (χ0n) is 9.98. The van der Waals surface area contributed by atoms with Crippen LogP contribution in [0.1, 0.15) is 24.2 Å². The van der Waals surface area contributed by atoms with Gasteiger partial charge >= 0.3 is 5.97 Å². The summed E-state index contributed by atoms with van der Waals surface area (Å²) in [4.78, 5) is 24.3. The summed E-state index contributed by atoms with van der Waals surface area (Å²) < 4.78 is 0.591. The van der Waals surface area contributed by atoms with Crippen molar-refractivity contribution in [1.29, 1.82) is 0 Å². The van der Waals surface area contributed by atoms with Crippen LogP contribution in [0.25, 0.3) is 0 Å². The Hall–Kier alpha value is -1.07. The standard InChI is InChI=1S/C12H13BrClNO3/c1-7(2)15(6-11(16)17)12(18)9-5-8(14)3-4-10(9)13/h3-5,7H,6H2,1-2H3,(H,16,17). The average Bonchev–Trinajstić information content (AvgIpc) is 2.27. The molecule has 0 saturated carbocycles. The highest BCUT2D eigenvalue weighted by Gasteiger charge is 2.23. The highest BCUT2D eigenvalue weighted by molar-refractivity contribution is 9.10. The van der Waals surface area contributed by atoms with Crippen molar-refractivity contribution in [2.75, 3.05) is 6.54 Å². The summed E-state index contributed by atoms with van der Waals surface area (Å²) in [5.41, 5.74) is 0.359. The molecule has 0 saturated heterocycles. The van der Waals surface area contributed by atoms with Crippen LogP contribution in [0.2, 0.25) is 5.02 Å². The van der Waals surface area contributed by atoms with E-state index in [-0.39, 0.29) is 18.5 Å². The number of carbonyl (C=O) groups excluding carboxylic acids is 1. The molecular weight excluding hydrogens is 321 g/mol. The molecule has 98 valence electrons. The molecule has 0 bridgehead atoms. The zero-order valence-corrected chi connectivity index (χ0v) is 12.3. The normalized spacial score (nSPS) is 10.5. The van der Waals surface area contributed by atoms with Crippen LogP contribution in [-0.4, -0.2) is 34.5 Å². The first kappa shape index (κ1) is 15.0. The van der Waals surface area contributed by atoms with Crippen molar-refractivity contribution in [3.05, 3.63) is 33.3 Å². The van der Waals surface area contributed by atoms with Gasteiger partial charge in [0.15, 0.2) is 0 Å². The number of carboxylic acid groups (broad SMARTS) is 1. The Morgan fingerprint density at radius 2 is 2.06 bits per heavy atom. The third-order valence-corrected chi connectivity index (χ3v) is 3.28. The largest absolute Gasteiger partial charge is 0.480 e. The predicted octanol–water partition coefficient (Wildman–Crippen LogP) is 3.04. The number of halogens is 2. The average molecular weight is 335 g/mol. The van der Waals surface area contributed by atoms with Crippen LogP contribution >= 0.6 is 27.5 Å². The molecular formula is C12H13BrClNO3. The lowest BCUT2D eigenvalue weighted by Gasteiger charge is -2.25. The summed E-state index contributed by atoms with van der Waals surface area (Å²) in [6.45, 7) is 3.19. The maximum atomic E-state index is 12.3. The second-order valence-corrected chi connectivity index (χ2v) is 5.34. The molecule has 0 spiro atoms. The van der Waals surface area contributed by atoms with Crippen molar-refractivity contribution in [2.24, 2.45) is 0 Å². The van der Waals surface area contributed by atoms with E-state index in [1.54, 1.807) is 26.0 Å². The van der Waals surface area contributed by atoms with Crippen LogP contribution in [0.4, 0.5) is 0 Å². The molecule has 0 unspecified atom stereocenters. The van der Waals surface area contributed by atoms with Crippen LogP contribution < -0.4 is 0 Å². The van der Waals surface area contributed by atoms with E-state index in [4.69, 9.17) is 16.7 Å². The van der Waals surface area contributed by atoms with Crippen LogP contribution in [0, 0.1) is 0 Å². The number of carboxylic acids is 1. The third-order valence-electron chi connectivity index (χ3n) is 2.35. The van der Waals surface area contributed by atoms with Gasteiger partial charge in [0.2, 0.25) is 0 Å². The molecule has 1 aromatic rings. The molecule has 6 heteroatoms. The van der Waals surface area contributed by atoms with Gasteiger partial charge in [-0.15, -0.1) is 0 Å². The summed E-state index contributed by atoms with van der Waals surface area (Å²) in [7, 11) is 0. The maximum absolute atomic E-state index is 12.3. The lowest BCUT2D eigenvalue weighted by molar-refractivity contribution is -0.138. The Morgan fingerprint density at radius 3 is 2.56 bits per heavy atom. The van der Waals surface area contributed by atoms with Gasteiger partial charge < -0.3 is 10.0 Å². The SMILES string of the molecule is CC(C)N(CC(=O)O)C(=O)c1cc(Cl)ccc1Br. The van der Waals surface area contributed by atoms with Crippen LogP contribution in [-0.2, 0) is 4.79 Å². The fraction of sp³-hybridized carbons (Fsp3) is 0.333. The lowest BCUT2D eigenvalue weighted by Crippen LogP contribution is -2.40. The highest BCUT2D eigenvalue weighted by atomic mass is 79.9. The number of nitrogens with zero attached hydrogens (tertiary/aromatic N) is 1. The summed E-state index contributed by atoms with van der Waals surface area (Å²) in [5.74, 6) is -1.41. The fourth-order valence-corrected chi connectivity index (χ4v) is 2.04. The molecule has 1 amide bonds. The molecule has 0 atom stereocenters. The van der Waals surface area contributed by atoms with E-state index in [1.165, 1.54) is 11.0 Å². The minimum atomic E-state index is -1.05. The first-order valence-electron chi connectivity index (χ1n) is 5.30. The molecule has 0 radical (unpaired) electrons. The monoisotopic (exact) mass is 333 g/mol. The van der Waals surface area contributed by atoms with Gasteiger partial charge in [-0.05, 0) is 48.0 Å². The topological polar surface area (TPSA) is 57.6 Å². The third kappa shape index (κ3) is 3.71. The molecule has 1 aromatic carbocycles. The van der Waals surface area contributed by atoms with E-state index < -0.39 is 5.97 Å². The van der Waals surface area contributed by atoms with Crippen molar-refractivity contribution >= 4 is 39.4 Å². The van der Waals surface area contributed by atoms with Gasteiger partial charge in [0.25, 0.3) is 5.91 Å². The van der Waals surface area contributed by atoms with E-state index in [1.807, 2.05) is 0 Å². The number of carbonyl (C=O) groups is 2. The Morgan fingerprint density at radius 1 is 1.44 bits per heavy atom. The Balaban J connectivity index is 3.09. The number of aliphatic carboxylic acids is 1. The van der Waals surface area contributed by atoms with Gasteiger partial charge in [-0.3, -0.25) is 9.59 Å². The Bertz CT molecular complexity index is 476. The molecule has 0 fully saturated rings. The number of benzene rings is 1. The molecule has 1 N–H and O–H groups in total. The minimum absolute atomic E-state index is 0.209. The molecule has 0 heterocycles. The second-order valence-electron chi connectivity index (χ2n) is 4.04. The van der Waals surface area contributed by atoms with Gasteiger partial charge in [-0.25, -0.2) is 0 Å².